The quantitative estimate of drug-likeness (QED) is 0.274. The second kappa shape index (κ2) is 9.78. The van der Waals surface area contributed by atoms with E-state index < -0.39 is 21.7 Å². The lowest BCUT2D eigenvalue weighted by Crippen LogP contribution is -2.27. The summed E-state index contributed by atoms with van der Waals surface area (Å²) in [6.45, 7) is 0. The van der Waals surface area contributed by atoms with E-state index in [2.05, 4.69) is 15.0 Å². The highest BCUT2D eigenvalue weighted by Gasteiger charge is 2.30. The van der Waals surface area contributed by atoms with Crippen molar-refractivity contribution in [1.82, 2.24) is 15.0 Å². The van der Waals surface area contributed by atoms with Crippen LogP contribution in [0.4, 0.5) is 20.3 Å². The van der Waals surface area contributed by atoms with Gasteiger partial charge in [-0.1, -0.05) is 6.07 Å². The predicted molar refractivity (Wildman–Crippen MR) is 133 cm³/mol. The zero-order chi connectivity index (χ0) is 26.0. The highest BCUT2D eigenvalue weighted by molar-refractivity contribution is 7.93. The monoisotopic (exact) mass is 520 g/mol. The number of fused-ring (bicyclic) bond motifs is 1. The topological polar surface area (TPSA) is 94.5 Å². The molecule has 0 aliphatic heterocycles. The Morgan fingerprint density at radius 3 is 2.35 bits per heavy atom. The molecule has 0 saturated heterocycles. The Bertz CT molecular complexity index is 1700. The van der Waals surface area contributed by atoms with Crippen LogP contribution in [0, 0.1) is 11.6 Å². The second-order valence-electron chi connectivity index (χ2n) is 7.73. The summed E-state index contributed by atoms with van der Waals surface area (Å²) in [5.41, 5.74) is 0.147. The molecule has 0 aliphatic rings. The molecule has 0 radical (unpaired) electrons. The number of hydrogen-bond acceptors (Lipinski definition) is 7. The van der Waals surface area contributed by atoms with E-state index in [9.17, 15) is 17.2 Å². The predicted octanol–water partition coefficient (Wildman–Crippen LogP) is 5.63. The van der Waals surface area contributed by atoms with Gasteiger partial charge in [0.1, 0.15) is 29.3 Å². The molecule has 11 heteroatoms. The molecular weight excluding hydrogens is 502 g/mol. The number of benzene rings is 3. The largest absolute Gasteiger partial charge is 0.494 e. The van der Waals surface area contributed by atoms with E-state index in [0.29, 0.717) is 5.39 Å². The van der Waals surface area contributed by atoms with Crippen molar-refractivity contribution < 1.29 is 26.7 Å². The summed E-state index contributed by atoms with van der Waals surface area (Å²) in [5, 5.41) is 1.48. The first kappa shape index (κ1) is 24.1. The lowest BCUT2D eigenvalue weighted by Gasteiger charge is -2.25. The summed E-state index contributed by atoms with van der Waals surface area (Å²) in [6, 6.07) is 15.4. The fourth-order valence-electron chi connectivity index (χ4n) is 3.67. The van der Waals surface area contributed by atoms with Crippen molar-refractivity contribution >= 4 is 32.3 Å². The Morgan fingerprint density at radius 1 is 0.811 bits per heavy atom. The zero-order valence-electron chi connectivity index (χ0n) is 19.2. The van der Waals surface area contributed by atoms with Crippen LogP contribution in [0.1, 0.15) is 0 Å². The maximum Gasteiger partial charge on any atom is 0.270 e. The molecule has 37 heavy (non-hydrogen) atoms. The molecular formula is C26H18F2N4O4S. The third kappa shape index (κ3) is 4.76. The minimum atomic E-state index is -4.20. The fourth-order valence-corrected chi connectivity index (χ4v) is 5.16. The van der Waals surface area contributed by atoms with Crippen LogP contribution in [-0.4, -0.2) is 30.5 Å². The Balaban J connectivity index is 1.60. The molecule has 5 aromatic rings. The molecule has 0 fully saturated rings. The van der Waals surface area contributed by atoms with E-state index >= 15 is 0 Å². The van der Waals surface area contributed by atoms with Gasteiger partial charge >= 0.3 is 0 Å². The van der Waals surface area contributed by atoms with Gasteiger partial charge in [-0.3, -0.25) is 4.98 Å². The molecule has 0 amide bonds. The first-order chi connectivity index (χ1) is 17.9. The van der Waals surface area contributed by atoms with Crippen LogP contribution in [-0.2, 0) is 10.0 Å². The third-order valence-corrected chi connectivity index (χ3v) is 7.14. The third-order valence-electron chi connectivity index (χ3n) is 5.42. The SMILES string of the molecule is COc1cc(Oc2ccc(F)c(F)c2)ccc1N(c1ccncn1)S(=O)(=O)c1ccc2cnccc2c1. The highest BCUT2D eigenvalue weighted by atomic mass is 32.2. The summed E-state index contributed by atoms with van der Waals surface area (Å²) >= 11 is 0. The van der Waals surface area contributed by atoms with Crippen LogP contribution in [0.3, 0.4) is 0 Å². The molecule has 8 nitrogen and oxygen atoms in total. The molecule has 0 spiro atoms. The van der Waals surface area contributed by atoms with Crippen LogP contribution in [0.2, 0.25) is 0 Å². The van der Waals surface area contributed by atoms with Gasteiger partial charge in [0.25, 0.3) is 10.0 Å². The Kier molecular flexibility index (Phi) is 6.36. The fraction of sp³-hybridized carbons (Fsp3) is 0.0385. The number of nitrogens with zero attached hydrogens (tertiary/aromatic N) is 4. The van der Waals surface area contributed by atoms with Crippen molar-refractivity contribution in [2.75, 3.05) is 11.4 Å². The molecule has 3 aromatic carbocycles. The maximum absolute atomic E-state index is 14.0. The minimum absolute atomic E-state index is 0.0222. The number of methoxy groups -OCH3 is 1. The second-order valence-corrected chi connectivity index (χ2v) is 9.52. The van der Waals surface area contributed by atoms with Gasteiger partial charge in [0.05, 0.1) is 12.0 Å². The number of aromatic nitrogens is 3. The lowest BCUT2D eigenvalue weighted by molar-refractivity contribution is 0.409. The van der Waals surface area contributed by atoms with E-state index in [0.717, 1.165) is 21.8 Å². The van der Waals surface area contributed by atoms with Crippen LogP contribution in [0.15, 0.2) is 96.5 Å². The van der Waals surface area contributed by atoms with E-state index in [4.69, 9.17) is 9.47 Å². The van der Waals surface area contributed by atoms with Gasteiger partial charge in [0.2, 0.25) is 0 Å². The molecule has 0 unspecified atom stereocenters. The van der Waals surface area contributed by atoms with Gasteiger partial charge in [0, 0.05) is 42.2 Å². The van der Waals surface area contributed by atoms with Gasteiger partial charge in [0.15, 0.2) is 17.5 Å². The summed E-state index contributed by atoms with van der Waals surface area (Å²) in [5.74, 6) is -1.58. The molecule has 0 bridgehead atoms. The molecule has 0 N–H and O–H groups in total. The molecule has 0 saturated carbocycles. The number of sulfonamides is 1. The van der Waals surface area contributed by atoms with Crippen LogP contribution in [0.25, 0.3) is 10.8 Å². The number of ether oxygens (including phenoxy) is 2. The number of hydrogen-bond donors (Lipinski definition) is 0. The maximum atomic E-state index is 14.0. The van der Waals surface area contributed by atoms with Crippen LogP contribution >= 0.6 is 0 Å². The van der Waals surface area contributed by atoms with Crippen LogP contribution < -0.4 is 13.8 Å². The standard InChI is InChI=1S/C26H18F2N4O4S/c1-35-25-14-20(36-19-3-6-22(27)23(28)13-19)4-7-24(25)32(26-9-11-30-16-31-26)37(33,34)21-5-2-18-15-29-10-8-17(18)12-21/h2-16H,1H3. The van der Waals surface area contributed by atoms with Crippen molar-refractivity contribution in [2.45, 2.75) is 4.90 Å². The molecule has 2 aromatic heterocycles. The van der Waals surface area contributed by atoms with Gasteiger partial charge in [-0.15, -0.1) is 0 Å². The number of anilines is 2. The minimum Gasteiger partial charge on any atom is -0.494 e. The van der Waals surface area contributed by atoms with Gasteiger partial charge in [-0.05, 0) is 47.9 Å². The van der Waals surface area contributed by atoms with Gasteiger partial charge in [-0.25, -0.2) is 31.5 Å². The normalized spacial score (nSPS) is 11.3. The van der Waals surface area contributed by atoms with Gasteiger partial charge in [-0.2, -0.15) is 0 Å². The summed E-state index contributed by atoms with van der Waals surface area (Å²) in [7, 11) is -2.83. The number of halogens is 2. The van der Waals surface area contributed by atoms with Gasteiger partial charge < -0.3 is 9.47 Å². The van der Waals surface area contributed by atoms with Crippen molar-refractivity contribution in [3.05, 3.63) is 103 Å². The zero-order valence-corrected chi connectivity index (χ0v) is 20.1. The molecule has 0 aliphatic carbocycles. The number of rotatable bonds is 7. The Labute approximate surface area is 210 Å². The van der Waals surface area contributed by atoms with E-state index in [1.54, 1.807) is 30.6 Å². The molecule has 5 rings (SSSR count). The van der Waals surface area contributed by atoms with Crippen molar-refractivity contribution in [1.29, 1.82) is 0 Å². The van der Waals surface area contributed by atoms with Crippen molar-refractivity contribution in [3.63, 3.8) is 0 Å². The first-order valence-electron chi connectivity index (χ1n) is 10.8. The number of pyridine rings is 1. The van der Waals surface area contributed by atoms with Crippen molar-refractivity contribution in [3.8, 4) is 17.2 Å². The summed E-state index contributed by atoms with van der Waals surface area (Å²) < 4.78 is 67.0. The Morgan fingerprint density at radius 2 is 1.59 bits per heavy atom. The average molecular weight is 521 g/mol. The van der Waals surface area contributed by atoms with E-state index in [1.807, 2.05) is 0 Å². The molecule has 0 atom stereocenters. The van der Waals surface area contributed by atoms with E-state index in [-0.39, 0.29) is 33.6 Å². The smallest absolute Gasteiger partial charge is 0.270 e. The van der Waals surface area contributed by atoms with E-state index in [1.165, 1.54) is 56.0 Å². The highest BCUT2D eigenvalue weighted by Crippen LogP contribution is 2.40. The lowest BCUT2D eigenvalue weighted by atomic mass is 10.2. The summed E-state index contributed by atoms with van der Waals surface area (Å²) in [6.07, 6.45) is 5.87. The first-order valence-corrected chi connectivity index (χ1v) is 12.3. The Hall–Kier alpha value is -4.64. The van der Waals surface area contributed by atoms with Crippen molar-refractivity contribution in [2.24, 2.45) is 0 Å². The van der Waals surface area contributed by atoms with Crippen LogP contribution in [0.5, 0.6) is 17.2 Å². The average Bonchev–Trinajstić information content (AvgIpc) is 2.92. The molecule has 2 heterocycles. The molecule has 186 valence electrons. The summed E-state index contributed by atoms with van der Waals surface area (Å²) in [4.78, 5) is 12.1.